The molecule has 2 aliphatic heterocycles. The molecule has 0 N–H and O–H groups in total. The van der Waals surface area contributed by atoms with E-state index in [1.165, 1.54) is 6.07 Å². The third-order valence-electron chi connectivity index (χ3n) is 5.37. The smallest absolute Gasteiger partial charge is 0.248 e. The van der Waals surface area contributed by atoms with E-state index < -0.39 is 0 Å². The number of ether oxygens (including phenoxy) is 2. The molecule has 26 heavy (non-hydrogen) atoms. The molecule has 0 aromatic heterocycles. The minimum atomic E-state index is -0.293. The van der Waals surface area contributed by atoms with Crippen molar-refractivity contribution in [1.82, 2.24) is 9.80 Å². The van der Waals surface area contributed by atoms with Gasteiger partial charge in [-0.1, -0.05) is 12.1 Å². The van der Waals surface area contributed by atoms with Crippen LogP contribution in [-0.4, -0.2) is 67.2 Å². The summed E-state index contributed by atoms with van der Waals surface area (Å²) in [7, 11) is 0. The number of para-hydroxylation sites is 1. The Balaban J connectivity index is 1.40. The van der Waals surface area contributed by atoms with Gasteiger partial charge in [0.2, 0.25) is 5.91 Å². The van der Waals surface area contributed by atoms with Gasteiger partial charge in [0.05, 0.1) is 0 Å². The number of amides is 1. The molecule has 3 rings (SSSR count). The Kier molecular flexibility index (Phi) is 6.86. The molecule has 0 unspecified atom stereocenters. The van der Waals surface area contributed by atoms with Gasteiger partial charge in [0, 0.05) is 38.8 Å². The molecule has 0 aliphatic carbocycles. The van der Waals surface area contributed by atoms with E-state index in [2.05, 4.69) is 4.90 Å². The summed E-state index contributed by atoms with van der Waals surface area (Å²) in [6, 6.07) is 7.13. The van der Waals surface area contributed by atoms with Crippen LogP contribution < -0.4 is 4.74 Å². The first-order chi connectivity index (χ1) is 12.7. The first kappa shape index (κ1) is 19.1. The van der Waals surface area contributed by atoms with E-state index in [-0.39, 0.29) is 24.4 Å². The van der Waals surface area contributed by atoms with Crippen molar-refractivity contribution < 1.29 is 18.7 Å². The molecule has 5 nitrogen and oxygen atoms in total. The van der Waals surface area contributed by atoms with E-state index in [0.29, 0.717) is 18.4 Å². The predicted molar refractivity (Wildman–Crippen MR) is 97.7 cm³/mol. The lowest BCUT2D eigenvalue weighted by molar-refractivity contribution is -0.137. The van der Waals surface area contributed by atoms with E-state index in [9.17, 15) is 9.18 Å². The Labute approximate surface area is 155 Å². The molecule has 1 aromatic carbocycles. The van der Waals surface area contributed by atoms with Crippen LogP contribution >= 0.6 is 0 Å². The van der Waals surface area contributed by atoms with E-state index in [1.807, 2.05) is 11.8 Å². The van der Waals surface area contributed by atoms with E-state index in [4.69, 9.17) is 9.47 Å². The molecule has 2 fully saturated rings. The van der Waals surface area contributed by atoms with Gasteiger partial charge >= 0.3 is 0 Å². The van der Waals surface area contributed by atoms with Crippen molar-refractivity contribution >= 4 is 5.91 Å². The third-order valence-corrected chi connectivity index (χ3v) is 5.37. The highest BCUT2D eigenvalue weighted by atomic mass is 19.1. The second kappa shape index (κ2) is 9.33. The van der Waals surface area contributed by atoms with Gasteiger partial charge in [0.25, 0.3) is 0 Å². The molecule has 6 heteroatoms. The molecule has 1 aromatic rings. The van der Waals surface area contributed by atoms with Crippen molar-refractivity contribution in [3.63, 3.8) is 0 Å². The summed E-state index contributed by atoms with van der Waals surface area (Å²) in [5, 5.41) is 0. The molecule has 1 amide bonds. The molecular weight excluding hydrogens is 335 g/mol. The molecule has 2 heterocycles. The average Bonchev–Trinajstić information content (AvgIpc) is 2.68. The lowest BCUT2D eigenvalue weighted by Crippen LogP contribution is -2.50. The van der Waals surface area contributed by atoms with Crippen molar-refractivity contribution in [2.75, 3.05) is 39.4 Å². The Morgan fingerprint density at radius 1 is 1.12 bits per heavy atom. The lowest BCUT2D eigenvalue weighted by Gasteiger charge is -2.41. The Bertz CT molecular complexity index is 582. The maximum atomic E-state index is 13.7. The van der Waals surface area contributed by atoms with Gasteiger partial charge in [0.15, 0.2) is 11.6 Å². The minimum absolute atomic E-state index is 0.0796. The molecule has 0 saturated carbocycles. The number of nitrogens with zero attached hydrogens (tertiary/aromatic N) is 2. The van der Waals surface area contributed by atoms with Crippen LogP contribution in [-0.2, 0) is 9.53 Å². The predicted octanol–water partition coefficient (Wildman–Crippen LogP) is 2.70. The first-order valence-electron chi connectivity index (χ1n) is 9.68. The largest absolute Gasteiger partial charge is 0.487 e. The van der Waals surface area contributed by atoms with Crippen LogP contribution in [0.3, 0.4) is 0 Å². The normalized spacial score (nSPS) is 20.3. The van der Waals surface area contributed by atoms with Gasteiger partial charge in [-0.3, -0.25) is 9.69 Å². The number of halogens is 1. The van der Waals surface area contributed by atoms with Crippen LogP contribution in [0.1, 0.15) is 32.6 Å². The van der Waals surface area contributed by atoms with Gasteiger partial charge < -0.3 is 14.4 Å². The summed E-state index contributed by atoms with van der Waals surface area (Å²) in [5.74, 6) is 0.161. The topological polar surface area (TPSA) is 42.0 Å². The zero-order valence-electron chi connectivity index (χ0n) is 15.5. The summed E-state index contributed by atoms with van der Waals surface area (Å²) < 4.78 is 24.8. The third kappa shape index (κ3) is 4.95. The molecule has 2 aliphatic rings. The summed E-state index contributed by atoms with van der Waals surface area (Å²) in [5.41, 5.74) is 0. The van der Waals surface area contributed by atoms with Crippen LogP contribution in [0.4, 0.5) is 4.39 Å². The fourth-order valence-electron chi connectivity index (χ4n) is 3.84. The first-order valence-corrected chi connectivity index (χ1v) is 9.68. The maximum Gasteiger partial charge on any atom is 0.248 e. The summed E-state index contributed by atoms with van der Waals surface area (Å²) >= 11 is 0. The second-order valence-corrected chi connectivity index (χ2v) is 7.03. The van der Waals surface area contributed by atoms with E-state index in [1.54, 1.807) is 18.2 Å². The number of likely N-dealkylation sites (tertiary alicyclic amines) is 2. The Hall–Kier alpha value is -1.66. The minimum Gasteiger partial charge on any atom is -0.487 e. The zero-order valence-corrected chi connectivity index (χ0v) is 15.5. The van der Waals surface area contributed by atoms with Gasteiger partial charge in [-0.15, -0.1) is 0 Å². The Morgan fingerprint density at radius 2 is 1.81 bits per heavy atom. The van der Waals surface area contributed by atoms with Crippen LogP contribution in [0.25, 0.3) is 0 Å². The highest BCUT2D eigenvalue weighted by Crippen LogP contribution is 2.25. The zero-order chi connectivity index (χ0) is 18.4. The molecule has 0 atom stereocenters. The molecular formula is C20H29FN2O3. The highest BCUT2D eigenvalue weighted by molar-refractivity contribution is 5.77. The number of carbonyl (C=O) groups excluding carboxylic acids is 1. The monoisotopic (exact) mass is 364 g/mol. The van der Waals surface area contributed by atoms with Crippen LogP contribution in [0.15, 0.2) is 24.3 Å². The molecule has 0 bridgehead atoms. The average molecular weight is 364 g/mol. The lowest BCUT2D eigenvalue weighted by atomic mass is 9.99. The number of carbonyl (C=O) groups is 1. The number of benzene rings is 1. The number of hydrogen-bond acceptors (Lipinski definition) is 4. The number of hydrogen-bond donors (Lipinski definition) is 0. The SMILES string of the molecule is CCOCC(=O)N1CCC(N2CCC(Oc3ccccc3F)CC2)CC1. The quantitative estimate of drug-likeness (QED) is 0.778. The fraction of sp³-hybridized carbons (Fsp3) is 0.650. The summed E-state index contributed by atoms with van der Waals surface area (Å²) in [6.07, 6.45) is 3.93. The highest BCUT2D eigenvalue weighted by Gasteiger charge is 2.30. The van der Waals surface area contributed by atoms with Crippen molar-refractivity contribution in [2.24, 2.45) is 0 Å². The van der Waals surface area contributed by atoms with Gasteiger partial charge in [0.1, 0.15) is 12.7 Å². The van der Waals surface area contributed by atoms with E-state index in [0.717, 1.165) is 51.9 Å². The van der Waals surface area contributed by atoms with Gasteiger partial charge in [-0.25, -0.2) is 4.39 Å². The summed E-state index contributed by atoms with van der Waals surface area (Å²) in [6.45, 7) is 6.23. The Morgan fingerprint density at radius 3 is 2.46 bits per heavy atom. The maximum absolute atomic E-state index is 13.7. The van der Waals surface area contributed by atoms with Gasteiger partial charge in [-0.2, -0.15) is 0 Å². The van der Waals surface area contributed by atoms with E-state index >= 15 is 0 Å². The van der Waals surface area contributed by atoms with Crippen molar-refractivity contribution in [1.29, 1.82) is 0 Å². The number of rotatable bonds is 6. The molecule has 2 saturated heterocycles. The molecule has 0 spiro atoms. The van der Waals surface area contributed by atoms with Crippen LogP contribution in [0.2, 0.25) is 0 Å². The summed E-state index contributed by atoms with van der Waals surface area (Å²) in [4.78, 5) is 16.4. The second-order valence-electron chi connectivity index (χ2n) is 7.03. The van der Waals surface area contributed by atoms with Gasteiger partial charge in [-0.05, 0) is 44.7 Å². The molecule has 144 valence electrons. The standard InChI is InChI=1S/C20H29FN2O3/c1-2-25-15-20(24)23-11-7-16(8-12-23)22-13-9-17(10-14-22)26-19-6-4-3-5-18(19)21/h3-6,16-17H,2,7-15H2,1H3. The van der Waals surface area contributed by atoms with Crippen molar-refractivity contribution in [3.05, 3.63) is 30.1 Å². The van der Waals surface area contributed by atoms with Crippen molar-refractivity contribution in [2.45, 2.75) is 44.8 Å². The number of piperidine rings is 2. The van der Waals surface area contributed by atoms with Crippen molar-refractivity contribution in [3.8, 4) is 5.75 Å². The fourth-order valence-corrected chi connectivity index (χ4v) is 3.84. The molecule has 0 radical (unpaired) electrons. The van der Waals surface area contributed by atoms with Crippen LogP contribution in [0, 0.1) is 5.82 Å². The van der Waals surface area contributed by atoms with Crippen LogP contribution in [0.5, 0.6) is 5.75 Å².